The van der Waals surface area contributed by atoms with Gasteiger partial charge in [-0.25, -0.2) is 0 Å². The van der Waals surface area contributed by atoms with Gasteiger partial charge in [-0.3, -0.25) is 29.4 Å². The molecule has 1 aliphatic rings. The number of carbonyl (C=O) groups excluding carboxylic acids is 3. The average Bonchev–Trinajstić information content (AvgIpc) is 3.36. The molecule has 0 saturated carbocycles. The summed E-state index contributed by atoms with van der Waals surface area (Å²) >= 11 is 0.759. The van der Waals surface area contributed by atoms with Crippen LogP contribution < -0.4 is 5.32 Å². The Hall–Kier alpha value is -4.18. The molecule has 0 spiro atoms. The molecule has 0 atom stereocenters. The van der Waals surface area contributed by atoms with Gasteiger partial charge >= 0.3 is 0 Å². The average molecular weight is 477 g/mol. The highest BCUT2D eigenvalue weighted by Crippen LogP contribution is 2.32. The van der Waals surface area contributed by atoms with E-state index in [1.807, 2.05) is 26.0 Å². The first-order valence-electron chi connectivity index (χ1n) is 10.3. The minimum Gasteiger partial charge on any atom is -0.325 e. The number of hydrogen-bond acceptors (Lipinski definition) is 6. The number of hydrogen-bond donors (Lipinski definition) is 1. The van der Waals surface area contributed by atoms with Crippen LogP contribution in [0.5, 0.6) is 0 Å². The fraction of sp³-hybridized carbons (Fsp3) is 0.125. The van der Waals surface area contributed by atoms with Gasteiger partial charge in [0.05, 0.1) is 9.83 Å². The Morgan fingerprint density at radius 2 is 1.82 bits per heavy atom. The van der Waals surface area contributed by atoms with E-state index in [4.69, 9.17) is 0 Å². The van der Waals surface area contributed by atoms with Gasteiger partial charge in [0.25, 0.3) is 16.8 Å². The first-order valence-corrected chi connectivity index (χ1v) is 11.1. The van der Waals surface area contributed by atoms with Crippen LogP contribution in [0.3, 0.4) is 0 Å². The van der Waals surface area contributed by atoms with Crippen LogP contribution in [0.25, 0.3) is 11.8 Å². The number of nitrogens with zero attached hydrogens (tertiary/aromatic N) is 3. The summed E-state index contributed by atoms with van der Waals surface area (Å²) in [7, 11) is 0. The Labute approximate surface area is 199 Å². The summed E-state index contributed by atoms with van der Waals surface area (Å²) < 4.78 is 1.74. The van der Waals surface area contributed by atoms with Crippen molar-refractivity contribution in [1.82, 2.24) is 9.47 Å². The Kier molecular flexibility index (Phi) is 6.33. The Bertz CT molecular complexity index is 1340. The minimum atomic E-state index is -0.554. The molecule has 1 saturated heterocycles. The van der Waals surface area contributed by atoms with Crippen molar-refractivity contribution in [2.24, 2.45) is 0 Å². The molecular weight excluding hydrogens is 456 g/mol. The van der Waals surface area contributed by atoms with Gasteiger partial charge in [-0.15, -0.1) is 0 Å². The van der Waals surface area contributed by atoms with Gasteiger partial charge in [-0.2, -0.15) is 0 Å². The van der Waals surface area contributed by atoms with Gasteiger partial charge in [-0.05, 0) is 79.2 Å². The molecule has 9 nitrogen and oxygen atoms in total. The predicted molar refractivity (Wildman–Crippen MR) is 130 cm³/mol. The first kappa shape index (κ1) is 23.0. The quantitative estimate of drug-likeness (QED) is 0.314. The van der Waals surface area contributed by atoms with E-state index in [0.717, 1.165) is 27.8 Å². The molecule has 1 aliphatic heterocycles. The Balaban J connectivity index is 1.49. The molecule has 3 aromatic rings. The van der Waals surface area contributed by atoms with Crippen LogP contribution in [-0.2, 0) is 9.59 Å². The number of aromatic nitrogens is 1. The van der Waals surface area contributed by atoms with Crippen LogP contribution >= 0.6 is 11.8 Å². The normalized spacial score (nSPS) is 14.6. The third-order valence-corrected chi connectivity index (χ3v) is 6.27. The zero-order valence-corrected chi connectivity index (χ0v) is 19.2. The first-order chi connectivity index (χ1) is 16.2. The lowest BCUT2D eigenvalue weighted by Crippen LogP contribution is -2.36. The number of thioether (sulfide) groups is 1. The van der Waals surface area contributed by atoms with Crippen molar-refractivity contribution in [3.05, 3.63) is 92.6 Å². The maximum atomic E-state index is 12.8. The predicted octanol–water partition coefficient (Wildman–Crippen LogP) is 4.68. The molecule has 2 aromatic carbocycles. The molecule has 1 aromatic heterocycles. The highest BCUT2D eigenvalue weighted by Gasteiger charge is 2.36. The maximum absolute atomic E-state index is 12.8. The Morgan fingerprint density at radius 1 is 1.09 bits per heavy atom. The third kappa shape index (κ3) is 4.76. The van der Waals surface area contributed by atoms with Crippen LogP contribution in [0.15, 0.2) is 65.7 Å². The van der Waals surface area contributed by atoms with Crippen molar-refractivity contribution in [1.29, 1.82) is 0 Å². The molecule has 34 heavy (non-hydrogen) atoms. The van der Waals surface area contributed by atoms with Crippen molar-refractivity contribution < 1.29 is 19.3 Å². The summed E-state index contributed by atoms with van der Waals surface area (Å²) in [5, 5.41) is 13.1. The highest BCUT2D eigenvalue weighted by molar-refractivity contribution is 8.18. The smallest absolute Gasteiger partial charge is 0.294 e. The van der Waals surface area contributed by atoms with E-state index >= 15 is 0 Å². The molecular formula is C24H20N4O5S. The number of anilines is 1. The topological polar surface area (TPSA) is 115 Å². The number of nitro benzene ring substituents is 1. The van der Waals surface area contributed by atoms with Crippen molar-refractivity contribution in [3.8, 4) is 5.69 Å². The summed E-state index contributed by atoms with van der Waals surface area (Å²) in [4.78, 5) is 49.2. The van der Waals surface area contributed by atoms with E-state index in [0.29, 0.717) is 17.1 Å². The molecule has 0 radical (unpaired) electrons. The summed E-state index contributed by atoms with van der Waals surface area (Å²) in [6.07, 6.45) is 3.31. The van der Waals surface area contributed by atoms with E-state index in [9.17, 15) is 24.5 Å². The molecule has 2 heterocycles. The number of rotatable bonds is 6. The van der Waals surface area contributed by atoms with Crippen LogP contribution in [0, 0.1) is 24.0 Å². The van der Waals surface area contributed by atoms with Crippen LogP contribution in [0.1, 0.15) is 16.8 Å². The van der Waals surface area contributed by atoms with Gasteiger partial charge in [0.15, 0.2) is 0 Å². The summed E-state index contributed by atoms with van der Waals surface area (Å²) in [5.74, 6) is -1.03. The zero-order chi connectivity index (χ0) is 24.4. The van der Waals surface area contributed by atoms with Crippen molar-refractivity contribution in [2.75, 3.05) is 11.9 Å². The molecule has 172 valence electrons. The van der Waals surface area contributed by atoms with Gasteiger partial charge in [0.1, 0.15) is 6.54 Å². The number of nitro groups is 1. The monoisotopic (exact) mass is 476 g/mol. The second kappa shape index (κ2) is 9.36. The molecule has 0 aliphatic carbocycles. The lowest BCUT2D eigenvalue weighted by Gasteiger charge is -2.13. The zero-order valence-electron chi connectivity index (χ0n) is 18.3. The van der Waals surface area contributed by atoms with E-state index in [-0.39, 0.29) is 10.6 Å². The number of amides is 3. The van der Waals surface area contributed by atoms with E-state index < -0.39 is 28.5 Å². The maximum Gasteiger partial charge on any atom is 0.294 e. The fourth-order valence-corrected chi connectivity index (χ4v) is 4.24. The van der Waals surface area contributed by atoms with Crippen molar-refractivity contribution in [3.63, 3.8) is 0 Å². The number of imide groups is 1. The fourth-order valence-electron chi connectivity index (χ4n) is 3.42. The molecule has 10 heteroatoms. The summed E-state index contributed by atoms with van der Waals surface area (Å²) in [6, 6.07) is 15.0. The number of nitrogens with one attached hydrogen (secondary N) is 1. The second-order valence-electron chi connectivity index (χ2n) is 7.69. The number of aryl methyl sites for hydroxylation is 2. The van der Waals surface area contributed by atoms with E-state index in [2.05, 4.69) is 5.32 Å². The largest absolute Gasteiger partial charge is 0.325 e. The minimum absolute atomic E-state index is 0.0300. The van der Waals surface area contributed by atoms with Gasteiger partial charge < -0.3 is 9.88 Å². The second-order valence-corrected chi connectivity index (χ2v) is 8.68. The van der Waals surface area contributed by atoms with Gasteiger partial charge in [0.2, 0.25) is 5.91 Å². The van der Waals surface area contributed by atoms with Crippen molar-refractivity contribution >= 4 is 46.3 Å². The van der Waals surface area contributed by atoms with Gasteiger partial charge in [-0.1, -0.05) is 6.07 Å². The standard InChI is InChI=1S/C24H20N4O5S/c1-15-5-6-17(12-16(15)2)25-22(29)14-27-23(30)21(34-24(27)31)13-20-4-3-11-26(20)18-7-9-19(10-8-18)28(32)33/h3-13H,14H2,1-2H3,(H,25,29)/b21-13-. The number of non-ortho nitro benzene ring substituents is 1. The number of benzene rings is 2. The lowest BCUT2D eigenvalue weighted by atomic mass is 10.1. The SMILES string of the molecule is Cc1ccc(NC(=O)CN2C(=O)S/C(=C\c3cccn3-c3ccc([N+](=O)[O-])cc3)C2=O)cc1C. The van der Waals surface area contributed by atoms with Gasteiger partial charge in [0, 0.05) is 35.4 Å². The van der Waals surface area contributed by atoms with Crippen LogP contribution in [-0.4, -0.2) is 38.0 Å². The van der Waals surface area contributed by atoms with Crippen LogP contribution in [0.4, 0.5) is 16.2 Å². The number of carbonyl (C=O) groups is 3. The molecule has 1 N–H and O–H groups in total. The van der Waals surface area contributed by atoms with Crippen molar-refractivity contribution in [2.45, 2.75) is 13.8 Å². The molecule has 0 bridgehead atoms. The third-order valence-electron chi connectivity index (χ3n) is 5.36. The lowest BCUT2D eigenvalue weighted by molar-refractivity contribution is -0.384. The highest BCUT2D eigenvalue weighted by atomic mass is 32.2. The summed E-state index contributed by atoms with van der Waals surface area (Å²) in [6.45, 7) is 3.50. The molecule has 3 amide bonds. The Morgan fingerprint density at radius 3 is 2.50 bits per heavy atom. The van der Waals surface area contributed by atoms with E-state index in [1.165, 1.54) is 12.1 Å². The molecule has 0 unspecified atom stereocenters. The summed E-state index contributed by atoms with van der Waals surface area (Å²) in [5.41, 5.74) is 3.94. The molecule has 4 rings (SSSR count). The van der Waals surface area contributed by atoms with E-state index in [1.54, 1.807) is 47.2 Å². The molecule has 1 fully saturated rings. The van der Waals surface area contributed by atoms with Crippen LogP contribution in [0.2, 0.25) is 0 Å².